The third kappa shape index (κ3) is 5.34. The van der Waals surface area contributed by atoms with Crippen LogP contribution in [0.5, 0.6) is 0 Å². The number of nitrogens with two attached hydrogens (primary N) is 1. The average Bonchev–Trinajstić information content (AvgIpc) is 2.87. The molecule has 2 aromatic rings. The maximum absolute atomic E-state index is 12.3. The van der Waals surface area contributed by atoms with Gasteiger partial charge in [0.05, 0.1) is 12.5 Å². The van der Waals surface area contributed by atoms with Gasteiger partial charge in [0.15, 0.2) is 6.61 Å². The first kappa shape index (κ1) is 20.5. The van der Waals surface area contributed by atoms with Crippen LogP contribution in [0.25, 0.3) is 0 Å². The summed E-state index contributed by atoms with van der Waals surface area (Å²) in [7, 11) is 1.86. The molecular weight excluding hydrogens is 370 g/mol. The number of nitrogens with one attached hydrogen (secondary N) is 1. The molecule has 2 amide bonds. The van der Waals surface area contributed by atoms with E-state index in [9.17, 15) is 14.4 Å². The standard InChI is InChI=1S/C19H22ClN3O4/c1-11-8-15(12(2)23(11)3)17(24)10-27-18(25)9-16(22-19(21)26)13-4-6-14(20)7-5-13/h4-8,16H,9-10H2,1-3H3,(H3,21,22,26)/t16-/m1/s1. The molecule has 27 heavy (non-hydrogen) atoms. The Kier molecular flexibility index (Phi) is 6.63. The number of amides is 2. The third-order valence-corrected chi connectivity index (χ3v) is 4.65. The Balaban J connectivity index is 2.00. The zero-order valence-corrected chi connectivity index (χ0v) is 16.2. The number of halogens is 1. The van der Waals surface area contributed by atoms with Gasteiger partial charge in [-0.05, 0) is 37.6 Å². The van der Waals surface area contributed by atoms with Crippen LogP contribution in [0.3, 0.4) is 0 Å². The summed E-state index contributed by atoms with van der Waals surface area (Å²) in [6.45, 7) is 3.35. The molecule has 0 radical (unpaired) electrons. The van der Waals surface area contributed by atoms with Crippen LogP contribution in [0.1, 0.15) is 39.8 Å². The second-order valence-corrected chi connectivity index (χ2v) is 6.68. The van der Waals surface area contributed by atoms with Gasteiger partial charge in [-0.2, -0.15) is 0 Å². The highest BCUT2D eigenvalue weighted by Gasteiger charge is 2.20. The molecule has 0 saturated carbocycles. The second kappa shape index (κ2) is 8.73. The molecule has 0 aliphatic heterocycles. The van der Waals surface area contributed by atoms with Gasteiger partial charge in [0.2, 0.25) is 5.78 Å². The summed E-state index contributed by atoms with van der Waals surface area (Å²) in [6.07, 6.45) is -0.162. The predicted octanol–water partition coefficient (Wildman–Crippen LogP) is 2.82. The first-order valence-corrected chi connectivity index (χ1v) is 8.70. The summed E-state index contributed by atoms with van der Waals surface area (Å²) >= 11 is 5.85. The van der Waals surface area contributed by atoms with E-state index in [4.69, 9.17) is 22.1 Å². The van der Waals surface area contributed by atoms with Crippen LogP contribution in [0.15, 0.2) is 30.3 Å². The van der Waals surface area contributed by atoms with E-state index >= 15 is 0 Å². The summed E-state index contributed by atoms with van der Waals surface area (Å²) in [6, 6.07) is 6.95. The summed E-state index contributed by atoms with van der Waals surface area (Å²) < 4.78 is 6.99. The van der Waals surface area contributed by atoms with Crippen LogP contribution < -0.4 is 11.1 Å². The van der Waals surface area contributed by atoms with Crippen LogP contribution in [-0.2, 0) is 16.6 Å². The topological polar surface area (TPSA) is 103 Å². The summed E-state index contributed by atoms with van der Waals surface area (Å²) in [5.41, 5.74) is 8.10. The highest BCUT2D eigenvalue weighted by Crippen LogP contribution is 2.20. The molecule has 3 N–H and O–H groups in total. The van der Waals surface area contributed by atoms with Crippen LogP contribution >= 0.6 is 11.6 Å². The van der Waals surface area contributed by atoms with E-state index in [1.807, 2.05) is 25.5 Å². The van der Waals surface area contributed by atoms with Gasteiger partial charge < -0.3 is 20.4 Å². The molecule has 1 aromatic carbocycles. The molecule has 2 rings (SSSR count). The molecule has 144 valence electrons. The van der Waals surface area contributed by atoms with Gasteiger partial charge >= 0.3 is 12.0 Å². The third-order valence-electron chi connectivity index (χ3n) is 4.40. The fraction of sp³-hybridized carbons (Fsp3) is 0.316. The Morgan fingerprint density at radius 2 is 1.85 bits per heavy atom. The Morgan fingerprint density at radius 3 is 2.37 bits per heavy atom. The first-order chi connectivity index (χ1) is 12.7. The van der Waals surface area contributed by atoms with E-state index in [1.54, 1.807) is 30.3 Å². The minimum atomic E-state index is -0.769. The fourth-order valence-corrected chi connectivity index (χ4v) is 2.83. The molecule has 0 fully saturated rings. The number of esters is 1. The summed E-state index contributed by atoms with van der Waals surface area (Å²) in [4.78, 5) is 35.7. The van der Waals surface area contributed by atoms with Crippen molar-refractivity contribution >= 4 is 29.4 Å². The minimum absolute atomic E-state index is 0.162. The number of carbonyl (C=O) groups is 3. The molecule has 0 spiro atoms. The van der Waals surface area contributed by atoms with E-state index in [2.05, 4.69) is 5.32 Å². The maximum atomic E-state index is 12.3. The lowest BCUT2D eigenvalue weighted by Crippen LogP contribution is -2.34. The lowest BCUT2D eigenvalue weighted by molar-refractivity contribution is -0.143. The summed E-state index contributed by atoms with van der Waals surface area (Å²) in [5, 5.41) is 3.02. The molecule has 0 saturated heterocycles. The number of carbonyl (C=O) groups excluding carboxylic acids is 3. The van der Waals surface area contributed by atoms with Crippen molar-refractivity contribution in [3.8, 4) is 0 Å². The lowest BCUT2D eigenvalue weighted by atomic mass is 10.0. The predicted molar refractivity (Wildman–Crippen MR) is 102 cm³/mol. The van der Waals surface area contributed by atoms with E-state index in [1.165, 1.54) is 0 Å². The van der Waals surface area contributed by atoms with Crippen molar-refractivity contribution in [2.75, 3.05) is 6.61 Å². The molecular formula is C19H22ClN3O4. The van der Waals surface area contributed by atoms with E-state index in [-0.39, 0.29) is 18.8 Å². The first-order valence-electron chi connectivity index (χ1n) is 8.32. The SMILES string of the molecule is Cc1cc(C(=O)COC(=O)C[C@@H](NC(N)=O)c2ccc(Cl)cc2)c(C)n1C. The van der Waals surface area contributed by atoms with Crippen LogP contribution in [0, 0.1) is 13.8 Å². The van der Waals surface area contributed by atoms with Gasteiger partial charge in [0.25, 0.3) is 0 Å². The quantitative estimate of drug-likeness (QED) is 0.559. The van der Waals surface area contributed by atoms with Gasteiger partial charge in [0.1, 0.15) is 0 Å². The van der Waals surface area contributed by atoms with E-state index < -0.39 is 18.0 Å². The molecule has 0 aliphatic rings. The van der Waals surface area contributed by atoms with Crippen molar-refractivity contribution in [2.45, 2.75) is 26.3 Å². The van der Waals surface area contributed by atoms with Crippen molar-refractivity contribution in [3.63, 3.8) is 0 Å². The molecule has 0 unspecified atom stereocenters. The Bertz CT molecular complexity index is 859. The van der Waals surface area contributed by atoms with Crippen molar-refractivity contribution in [1.82, 2.24) is 9.88 Å². The molecule has 7 nitrogen and oxygen atoms in total. The highest BCUT2D eigenvalue weighted by atomic mass is 35.5. The number of hydrogen-bond donors (Lipinski definition) is 2. The van der Waals surface area contributed by atoms with Crippen LogP contribution in [0.2, 0.25) is 5.02 Å². The smallest absolute Gasteiger partial charge is 0.312 e. The average molecular weight is 392 g/mol. The van der Waals surface area contributed by atoms with Crippen molar-refractivity contribution in [3.05, 3.63) is 57.9 Å². The lowest BCUT2D eigenvalue weighted by Gasteiger charge is -2.17. The van der Waals surface area contributed by atoms with Crippen molar-refractivity contribution < 1.29 is 19.1 Å². The number of aromatic nitrogens is 1. The summed E-state index contributed by atoms with van der Waals surface area (Å²) in [5.74, 6) is -0.905. The zero-order chi connectivity index (χ0) is 20.1. The second-order valence-electron chi connectivity index (χ2n) is 6.24. The Labute approximate surface area is 162 Å². The molecule has 0 aliphatic carbocycles. The maximum Gasteiger partial charge on any atom is 0.312 e. The zero-order valence-electron chi connectivity index (χ0n) is 15.4. The minimum Gasteiger partial charge on any atom is -0.457 e. The van der Waals surface area contributed by atoms with Gasteiger partial charge in [-0.3, -0.25) is 9.59 Å². The molecule has 1 aromatic heterocycles. The van der Waals surface area contributed by atoms with E-state index in [0.717, 1.165) is 11.4 Å². The molecule has 0 bridgehead atoms. The van der Waals surface area contributed by atoms with Crippen molar-refractivity contribution in [1.29, 1.82) is 0 Å². The number of benzene rings is 1. The van der Waals surface area contributed by atoms with Gasteiger partial charge in [0, 0.05) is 29.0 Å². The number of ketones is 1. The number of urea groups is 1. The Morgan fingerprint density at radius 1 is 1.22 bits per heavy atom. The normalized spacial score (nSPS) is 11.7. The van der Waals surface area contributed by atoms with Gasteiger partial charge in [-0.25, -0.2) is 4.79 Å². The molecule has 1 atom stereocenters. The van der Waals surface area contributed by atoms with Crippen LogP contribution in [0.4, 0.5) is 4.79 Å². The van der Waals surface area contributed by atoms with Gasteiger partial charge in [-0.1, -0.05) is 23.7 Å². The largest absolute Gasteiger partial charge is 0.457 e. The highest BCUT2D eigenvalue weighted by molar-refractivity contribution is 6.30. The number of primary amides is 1. The van der Waals surface area contributed by atoms with Crippen LogP contribution in [-0.4, -0.2) is 29.0 Å². The molecule has 1 heterocycles. The number of hydrogen-bond acceptors (Lipinski definition) is 4. The number of Topliss-reactive ketones (excluding diaryl/α,β-unsaturated/α-hetero) is 1. The monoisotopic (exact) mass is 391 g/mol. The van der Waals surface area contributed by atoms with Gasteiger partial charge in [-0.15, -0.1) is 0 Å². The van der Waals surface area contributed by atoms with E-state index in [0.29, 0.717) is 16.1 Å². The number of ether oxygens (including phenoxy) is 1. The molecule has 8 heteroatoms. The fourth-order valence-electron chi connectivity index (χ4n) is 2.71. The number of aryl methyl sites for hydroxylation is 1. The Hall–Kier alpha value is -2.80. The number of rotatable bonds is 7. The van der Waals surface area contributed by atoms with Crippen molar-refractivity contribution in [2.24, 2.45) is 12.8 Å². The number of nitrogens with zero attached hydrogens (tertiary/aromatic N) is 1.